The van der Waals surface area contributed by atoms with Crippen LogP contribution in [0.2, 0.25) is 0 Å². The predicted octanol–water partition coefficient (Wildman–Crippen LogP) is 2.44. The van der Waals surface area contributed by atoms with Crippen molar-refractivity contribution in [3.63, 3.8) is 0 Å². The number of nitrogens with zero attached hydrogens (tertiary/aromatic N) is 5. The summed E-state index contributed by atoms with van der Waals surface area (Å²) in [5, 5.41) is 8.34. The molecule has 1 amide bonds. The van der Waals surface area contributed by atoms with E-state index in [1.54, 1.807) is 15.8 Å². The summed E-state index contributed by atoms with van der Waals surface area (Å²) < 4.78 is 13.3. The highest BCUT2D eigenvalue weighted by atomic mass is 16.5. The number of carbonyl (C=O) groups is 1. The summed E-state index contributed by atoms with van der Waals surface area (Å²) in [6.45, 7) is 5.43. The monoisotopic (exact) mass is 396 g/mol. The molecule has 1 aliphatic carbocycles. The van der Waals surface area contributed by atoms with Gasteiger partial charge in [0, 0.05) is 30.9 Å². The van der Waals surface area contributed by atoms with E-state index < -0.39 is 0 Å². The van der Waals surface area contributed by atoms with E-state index in [-0.39, 0.29) is 17.6 Å². The summed E-state index contributed by atoms with van der Waals surface area (Å²) >= 11 is 0. The van der Waals surface area contributed by atoms with Crippen molar-refractivity contribution in [2.75, 3.05) is 25.0 Å². The molecule has 1 N–H and O–H groups in total. The lowest BCUT2D eigenvalue weighted by atomic mass is 10.1. The normalized spacial score (nSPS) is 20.8. The van der Waals surface area contributed by atoms with Gasteiger partial charge in [-0.05, 0) is 26.7 Å². The van der Waals surface area contributed by atoms with Gasteiger partial charge in [-0.15, -0.1) is 0 Å². The zero-order chi connectivity index (χ0) is 20.2. The third-order valence-corrected chi connectivity index (χ3v) is 5.65. The Hall–Kier alpha value is -2.94. The first-order valence-electron chi connectivity index (χ1n) is 9.85. The van der Waals surface area contributed by atoms with Crippen LogP contribution < -0.4 is 5.32 Å². The van der Waals surface area contributed by atoms with Crippen molar-refractivity contribution < 1.29 is 13.9 Å². The average molecular weight is 396 g/mol. The molecule has 2 aliphatic rings. The first-order valence-corrected chi connectivity index (χ1v) is 9.85. The second-order valence-electron chi connectivity index (χ2n) is 8.19. The summed E-state index contributed by atoms with van der Waals surface area (Å²) in [6, 6.07) is 0. The number of furan rings is 1. The number of aryl methyl sites for hydroxylation is 2. The molecule has 9 nitrogen and oxygen atoms in total. The largest absolute Gasteiger partial charge is 0.445 e. The number of morpholine rings is 1. The summed E-state index contributed by atoms with van der Waals surface area (Å²) in [5.41, 5.74) is 1.91. The van der Waals surface area contributed by atoms with Crippen molar-refractivity contribution in [3.05, 3.63) is 35.6 Å². The summed E-state index contributed by atoms with van der Waals surface area (Å²) in [6.07, 6.45) is 7.16. The minimum Gasteiger partial charge on any atom is -0.445 e. The van der Waals surface area contributed by atoms with Gasteiger partial charge < -0.3 is 19.4 Å². The van der Waals surface area contributed by atoms with Crippen LogP contribution in [-0.2, 0) is 11.8 Å². The molecule has 5 rings (SSSR count). The maximum absolute atomic E-state index is 13.4. The predicted molar refractivity (Wildman–Crippen MR) is 106 cm³/mol. The maximum atomic E-state index is 13.4. The molecule has 29 heavy (non-hydrogen) atoms. The standard InChI is InChI=1S/C20H24N6O3/c1-12-22-17(24-20(2)4-5-20)16-14(11-29-18(16)23-12)19(27)26-6-7-28-15(10-26)13-8-21-25(3)9-13/h8-9,11,15H,4-7,10H2,1-3H3,(H,22,23,24). The number of fused-ring (bicyclic) bond motifs is 1. The number of aromatic nitrogens is 4. The molecular formula is C20H24N6O3. The van der Waals surface area contributed by atoms with Gasteiger partial charge in [-0.25, -0.2) is 4.98 Å². The number of carbonyl (C=O) groups excluding carboxylic acids is 1. The third kappa shape index (κ3) is 3.35. The molecule has 1 saturated heterocycles. The second kappa shape index (κ2) is 6.55. The van der Waals surface area contributed by atoms with E-state index in [2.05, 4.69) is 27.3 Å². The van der Waals surface area contributed by atoms with Crippen LogP contribution in [0.1, 0.15) is 47.6 Å². The molecule has 152 valence electrons. The van der Waals surface area contributed by atoms with Gasteiger partial charge in [-0.2, -0.15) is 10.1 Å². The van der Waals surface area contributed by atoms with Crippen LogP contribution in [0.25, 0.3) is 11.1 Å². The van der Waals surface area contributed by atoms with Gasteiger partial charge in [0.25, 0.3) is 5.91 Å². The van der Waals surface area contributed by atoms with Crippen LogP contribution in [0.4, 0.5) is 5.82 Å². The second-order valence-corrected chi connectivity index (χ2v) is 8.19. The van der Waals surface area contributed by atoms with Gasteiger partial charge in [0.2, 0.25) is 5.71 Å². The van der Waals surface area contributed by atoms with Gasteiger partial charge >= 0.3 is 0 Å². The van der Waals surface area contributed by atoms with E-state index >= 15 is 0 Å². The van der Waals surface area contributed by atoms with Crippen LogP contribution in [0.15, 0.2) is 23.1 Å². The molecule has 1 aliphatic heterocycles. The fourth-order valence-corrected chi connectivity index (χ4v) is 3.71. The number of amides is 1. The molecule has 1 atom stereocenters. The highest BCUT2D eigenvalue weighted by molar-refractivity contribution is 6.09. The van der Waals surface area contributed by atoms with Crippen molar-refractivity contribution in [2.45, 2.75) is 38.3 Å². The lowest BCUT2D eigenvalue weighted by Gasteiger charge is -2.32. The van der Waals surface area contributed by atoms with Crippen LogP contribution in [0.5, 0.6) is 0 Å². The van der Waals surface area contributed by atoms with E-state index in [4.69, 9.17) is 9.15 Å². The summed E-state index contributed by atoms with van der Waals surface area (Å²) in [5.74, 6) is 1.18. The minimum atomic E-state index is -0.193. The van der Waals surface area contributed by atoms with E-state index in [0.29, 0.717) is 48.0 Å². The average Bonchev–Trinajstić information content (AvgIpc) is 3.08. The Balaban J connectivity index is 1.46. The smallest absolute Gasteiger partial charge is 0.258 e. The molecule has 0 aromatic carbocycles. The Morgan fingerprint density at radius 3 is 2.90 bits per heavy atom. The maximum Gasteiger partial charge on any atom is 0.258 e. The Bertz CT molecular complexity index is 1080. The van der Waals surface area contributed by atoms with E-state index in [1.165, 1.54) is 6.26 Å². The molecule has 3 aromatic heterocycles. The van der Waals surface area contributed by atoms with Gasteiger partial charge in [0.1, 0.15) is 24.0 Å². The molecule has 0 spiro atoms. The Morgan fingerprint density at radius 1 is 1.34 bits per heavy atom. The van der Waals surface area contributed by atoms with Crippen molar-refractivity contribution in [2.24, 2.45) is 7.05 Å². The molecule has 0 bridgehead atoms. The van der Waals surface area contributed by atoms with E-state index in [0.717, 1.165) is 18.4 Å². The number of hydrogen-bond donors (Lipinski definition) is 1. The van der Waals surface area contributed by atoms with Crippen LogP contribution in [0.3, 0.4) is 0 Å². The Kier molecular flexibility index (Phi) is 4.09. The van der Waals surface area contributed by atoms with Gasteiger partial charge in [-0.1, -0.05) is 0 Å². The van der Waals surface area contributed by atoms with Crippen molar-refractivity contribution in [1.82, 2.24) is 24.6 Å². The summed E-state index contributed by atoms with van der Waals surface area (Å²) in [4.78, 5) is 24.1. The fraction of sp³-hybridized carbons (Fsp3) is 0.500. The lowest BCUT2D eigenvalue weighted by molar-refractivity contribution is -0.0228. The Morgan fingerprint density at radius 2 is 2.17 bits per heavy atom. The zero-order valence-electron chi connectivity index (χ0n) is 16.8. The number of nitrogens with one attached hydrogen (secondary N) is 1. The highest BCUT2D eigenvalue weighted by Crippen LogP contribution is 2.40. The lowest BCUT2D eigenvalue weighted by Crippen LogP contribution is -2.42. The molecule has 3 aromatic rings. The number of rotatable bonds is 4. The number of ether oxygens (including phenoxy) is 1. The number of anilines is 1. The fourth-order valence-electron chi connectivity index (χ4n) is 3.71. The Labute approximate surface area is 168 Å². The highest BCUT2D eigenvalue weighted by Gasteiger charge is 2.39. The van der Waals surface area contributed by atoms with Crippen molar-refractivity contribution in [1.29, 1.82) is 0 Å². The minimum absolute atomic E-state index is 0.0235. The van der Waals surface area contributed by atoms with Crippen molar-refractivity contribution in [3.8, 4) is 0 Å². The molecular weight excluding hydrogens is 372 g/mol. The molecule has 2 fully saturated rings. The van der Waals surface area contributed by atoms with Crippen LogP contribution >= 0.6 is 0 Å². The molecule has 9 heteroatoms. The molecule has 1 saturated carbocycles. The van der Waals surface area contributed by atoms with E-state index in [9.17, 15) is 4.79 Å². The molecule has 4 heterocycles. The first kappa shape index (κ1) is 18.1. The van der Waals surface area contributed by atoms with Crippen LogP contribution in [-0.4, -0.2) is 55.8 Å². The van der Waals surface area contributed by atoms with Gasteiger partial charge in [0.05, 0.1) is 30.3 Å². The van der Waals surface area contributed by atoms with E-state index in [1.807, 2.05) is 20.2 Å². The molecule has 0 radical (unpaired) electrons. The first-order chi connectivity index (χ1) is 13.9. The zero-order valence-corrected chi connectivity index (χ0v) is 16.8. The summed E-state index contributed by atoms with van der Waals surface area (Å²) in [7, 11) is 1.86. The quantitative estimate of drug-likeness (QED) is 0.723. The topological polar surface area (TPSA) is 98.3 Å². The van der Waals surface area contributed by atoms with Crippen LogP contribution in [0, 0.1) is 6.92 Å². The molecule has 1 unspecified atom stereocenters. The van der Waals surface area contributed by atoms with Gasteiger partial charge in [0.15, 0.2) is 0 Å². The van der Waals surface area contributed by atoms with Gasteiger partial charge in [-0.3, -0.25) is 9.48 Å². The van der Waals surface area contributed by atoms with Crippen molar-refractivity contribution >= 4 is 22.8 Å². The number of hydrogen-bond acceptors (Lipinski definition) is 7. The SMILES string of the molecule is Cc1nc(NC2(C)CC2)c2c(C(=O)N3CCOC(c4cnn(C)c4)C3)coc2n1. The third-order valence-electron chi connectivity index (χ3n) is 5.65.